The van der Waals surface area contributed by atoms with Gasteiger partial charge in [-0.1, -0.05) is 18.2 Å². The standard InChI is InChI=1S/C22H24N4O7/c1-3-33-19(28)12-18(14-7-9-17(10-8-14)26(31)32)20(21(23)29)25-22(30)15-5-4-6-16(11-15)24-13(2)27/h4-11,18,20H,3,12H2,1-2H3,(H2,23,29)(H,24,27)(H,25,30)/t18-,20+/m1/s1. The van der Waals surface area contributed by atoms with Crippen LogP contribution in [0, 0.1) is 10.1 Å². The number of nitrogens with one attached hydrogen (secondary N) is 2. The maximum absolute atomic E-state index is 12.9. The number of nitro benzene ring substituents is 1. The maximum Gasteiger partial charge on any atom is 0.306 e. The van der Waals surface area contributed by atoms with Gasteiger partial charge in [-0.05, 0) is 30.7 Å². The van der Waals surface area contributed by atoms with E-state index in [0.29, 0.717) is 11.3 Å². The molecule has 0 aromatic heterocycles. The highest BCUT2D eigenvalue weighted by Crippen LogP contribution is 2.27. The molecule has 3 amide bonds. The van der Waals surface area contributed by atoms with Crippen LogP contribution in [-0.2, 0) is 19.1 Å². The molecule has 0 aliphatic carbocycles. The summed E-state index contributed by atoms with van der Waals surface area (Å²) in [5.74, 6) is -3.47. The van der Waals surface area contributed by atoms with E-state index in [1.165, 1.54) is 43.3 Å². The molecule has 4 N–H and O–H groups in total. The van der Waals surface area contributed by atoms with Gasteiger partial charge in [0, 0.05) is 36.2 Å². The molecule has 0 saturated carbocycles. The van der Waals surface area contributed by atoms with Crippen molar-refractivity contribution in [2.75, 3.05) is 11.9 Å². The number of hydrogen-bond donors (Lipinski definition) is 3. The molecule has 2 atom stereocenters. The minimum absolute atomic E-state index is 0.107. The van der Waals surface area contributed by atoms with Gasteiger partial charge < -0.3 is 21.1 Å². The Morgan fingerprint density at radius 3 is 2.33 bits per heavy atom. The lowest BCUT2D eigenvalue weighted by atomic mass is 9.87. The Hall–Kier alpha value is -4.28. The summed E-state index contributed by atoms with van der Waals surface area (Å²) in [6, 6.07) is 9.94. The number of amides is 3. The molecule has 0 aliphatic rings. The molecule has 33 heavy (non-hydrogen) atoms. The Morgan fingerprint density at radius 2 is 1.79 bits per heavy atom. The molecule has 0 bridgehead atoms. The molecule has 174 valence electrons. The highest BCUT2D eigenvalue weighted by molar-refractivity contribution is 5.99. The van der Waals surface area contributed by atoms with Crippen LogP contribution in [0.25, 0.3) is 0 Å². The van der Waals surface area contributed by atoms with Crippen LogP contribution in [0.3, 0.4) is 0 Å². The lowest BCUT2D eigenvalue weighted by Gasteiger charge is -2.25. The number of hydrogen-bond acceptors (Lipinski definition) is 7. The second-order valence-corrected chi connectivity index (χ2v) is 7.08. The molecular formula is C22H24N4O7. The number of non-ortho nitro benzene ring substituents is 1. The van der Waals surface area contributed by atoms with Gasteiger partial charge >= 0.3 is 5.97 Å². The molecule has 0 aliphatic heterocycles. The molecule has 2 aromatic carbocycles. The highest BCUT2D eigenvalue weighted by atomic mass is 16.6. The zero-order chi connectivity index (χ0) is 24.5. The second-order valence-electron chi connectivity index (χ2n) is 7.08. The Morgan fingerprint density at radius 1 is 1.12 bits per heavy atom. The van der Waals surface area contributed by atoms with Crippen LogP contribution in [0.1, 0.15) is 42.1 Å². The van der Waals surface area contributed by atoms with E-state index in [9.17, 15) is 29.3 Å². The zero-order valence-corrected chi connectivity index (χ0v) is 18.1. The maximum atomic E-state index is 12.9. The van der Waals surface area contributed by atoms with E-state index in [2.05, 4.69) is 10.6 Å². The van der Waals surface area contributed by atoms with Crippen molar-refractivity contribution < 1.29 is 28.8 Å². The van der Waals surface area contributed by atoms with Crippen LogP contribution in [0.5, 0.6) is 0 Å². The number of esters is 1. The molecule has 0 heterocycles. The van der Waals surface area contributed by atoms with Crippen LogP contribution in [0.4, 0.5) is 11.4 Å². The summed E-state index contributed by atoms with van der Waals surface area (Å²) in [6.45, 7) is 3.05. The third-order valence-electron chi connectivity index (χ3n) is 4.66. The van der Waals surface area contributed by atoms with Crippen molar-refractivity contribution in [1.82, 2.24) is 5.32 Å². The number of nitrogens with zero attached hydrogens (tertiary/aromatic N) is 1. The van der Waals surface area contributed by atoms with Crippen LogP contribution in [0.15, 0.2) is 48.5 Å². The van der Waals surface area contributed by atoms with Crippen molar-refractivity contribution in [2.45, 2.75) is 32.2 Å². The van der Waals surface area contributed by atoms with Gasteiger partial charge in [0.2, 0.25) is 11.8 Å². The van der Waals surface area contributed by atoms with Gasteiger partial charge in [-0.25, -0.2) is 0 Å². The molecule has 0 fully saturated rings. The summed E-state index contributed by atoms with van der Waals surface area (Å²) in [6.07, 6.45) is -0.300. The summed E-state index contributed by atoms with van der Waals surface area (Å²) in [5.41, 5.74) is 6.28. The summed E-state index contributed by atoms with van der Waals surface area (Å²) in [4.78, 5) is 59.0. The quantitative estimate of drug-likeness (QED) is 0.278. The van der Waals surface area contributed by atoms with Gasteiger partial charge in [-0.3, -0.25) is 29.3 Å². The summed E-state index contributed by atoms with van der Waals surface area (Å²) in [5, 5.41) is 16.0. The van der Waals surface area contributed by atoms with Gasteiger partial charge in [0.15, 0.2) is 0 Å². The fraction of sp³-hybridized carbons (Fsp3) is 0.273. The molecule has 2 aromatic rings. The molecule has 0 unspecified atom stereocenters. The number of ether oxygens (including phenoxy) is 1. The molecule has 0 saturated heterocycles. The van der Waals surface area contributed by atoms with Crippen LogP contribution in [0.2, 0.25) is 0 Å². The van der Waals surface area contributed by atoms with Crippen molar-refractivity contribution in [3.63, 3.8) is 0 Å². The number of primary amides is 1. The van der Waals surface area contributed by atoms with Crippen molar-refractivity contribution >= 4 is 35.1 Å². The number of carbonyl (C=O) groups is 4. The number of benzene rings is 2. The first-order valence-electron chi connectivity index (χ1n) is 10.00. The van der Waals surface area contributed by atoms with E-state index in [1.807, 2.05) is 0 Å². The minimum Gasteiger partial charge on any atom is -0.466 e. The number of carbonyl (C=O) groups excluding carboxylic acids is 4. The van der Waals surface area contributed by atoms with E-state index >= 15 is 0 Å². The predicted molar refractivity (Wildman–Crippen MR) is 118 cm³/mol. The molecule has 0 spiro atoms. The zero-order valence-electron chi connectivity index (χ0n) is 18.1. The second kappa shape index (κ2) is 11.4. The smallest absolute Gasteiger partial charge is 0.306 e. The largest absolute Gasteiger partial charge is 0.466 e. The summed E-state index contributed by atoms with van der Waals surface area (Å²) >= 11 is 0. The third-order valence-corrected chi connectivity index (χ3v) is 4.66. The van der Waals surface area contributed by atoms with E-state index < -0.39 is 34.7 Å². The first kappa shape index (κ1) is 25.0. The van der Waals surface area contributed by atoms with E-state index in [1.54, 1.807) is 19.1 Å². The molecule has 0 radical (unpaired) electrons. The first-order valence-corrected chi connectivity index (χ1v) is 10.00. The lowest BCUT2D eigenvalue weighted by Crippen LogP contribution is -2.48. The van der Waals surface area contributed by atoms with Gasteiger partial charge in [-0.15, -0.1) is 0 Å². The van der Waals surface area contributed by atoms with Gasteiger partial charge in [0.1, 0.15) is 6.04 Å². The molecule has 11 heteroatoms. The summed E-state index contributed by atoms with van der Waals surface area (Å²) in [7, 11) is 0. The van der Waals surface area contributed by atoms with E-state index in [0.717, 1.165) is 0 Å². The average Bonchev–Trinajstić information content (AvgIpc) is 2.75. The minimum atomic E-state index is -1.33. The van der Waals surface area contributed by atoms with Crippen molar-refractivity contribution in [3.8, 4) is 0 Å². The molecule has 11 nitrogen and oxygen atoms in total. The topological polar surface area (TPSA) is 171 Å². The SMILES string of the molecule is CCOC(=O)C[C@H](c1ccc([N+](=O)[O-])cc1)[C@H](NC(=O)c1cccc(NC(C)=O)c1)C(N)=O. The Balaban J connectivity index is 2.37. The number of anilines is 1. The van der Waals surface area contributed by atoms with Gasteiger partial charge in [0.05, 0.1) is 18.0 Å². The van der Waals surface area contributed by atoms with Gasteiger partial charge in [0.25, 0.3) is 11.6 Å². The van der Waals surface area contributed by atoms with Crippen molar-refractivity contribution in [1.29, 1.82) is 0 Å². The third kappa shape index (κ3) is 7.13. The molecule has 2 rings (SSSR count). The summed E-state index contributed by atoms with van der Waals surface area (Å²) < 4.78 is 4.98. The van der Waals surface area contributed by atoms with Crippen molar-refractivity contribution in [2.24, 2.45) is 5.73 Å². The lowest BCUT2D eigenvalue weighted by molar-refractivity contribution is -0.384. The Kier molecular flexibility index (Phi) is 8.61. The van der Waals surface area contributed by atoms with Crippen LogP contribution < -0.4 is 16.4 Å². The fourth-order valence-electron chi connectivity index (χ4n) is 3.21. The highest BCUT2D eigenvalue weighted by Gasteiger charge is 2.32. The Labute approximate surface area is 189 Å². The fourth-order valence-corrected chi connectivity index (χ4v) is 3.21. The number of nitro groups is 1. The van der Waals surface area contributed by atoms with Gasteiger partial charge in [-0.2, -0.15) is 0 Å². The number of rotatable bonds is 10. The van der Waals surface area contributed by atoms with Crippen LogP contribution in [-0.4, -0.2) is 41.3 Å². The van der Waals surface area contributed by atoms with Crippen molar-refractivity contribution in [3.05, 3.63) is 69.8 Å². The predicted octanol–water partition coefficient (Wildman–Crippen LogP) is 1.87. The monoisotopic (exact) mass is 456 g/mol. The Bertz CT molecular complexity index is 1050. The molecular weight excluding hydrogens is 432 g/mol. The average molecular weight is 456 g/mol. The van der Waals surface area contributed by atoms with E-state index in [-0.39, 0.29) is 30.2 Å². The first-order chi connectivity index (χ1) is 15.6. The normalized spacial score (nSPS) is 12.2. The number of nitrogens with two attached hydrogens (primary N) is 1. The van der Waals surface area contributed by atoms with E-state index in [4.69, 9.17) is 10.5 Å². The van der Waals surface area contributed by atoms with Crippen LogP contribution >= 0.6 is 0 Å².